The van der Waals surface area contributed by atoms with E-state index < -0.39 is 0 Å². The lowest BCUT2D eigenvalue weighted by Gasteiger charge is -2.15. The Balaban J connectivity index is 1.97. The molecule has 2 aromatic rings. The molecule has 1 aromatic carbocycles. The smallest absolute Gasteiger partial charge is 0.0145 e. The van der Waals surface area contributed by atoms with Crippen molar-refractivity contribution in [2.45, 2.75) is 18.9 Å². The van der Waals surface area contributed by atoms with Gasteiger partial charge in [0.05, 0.1) is 0 Å². The van der Waals surface area contributed by atoms with Crippen LogP contribution >= 0.6 is 33.9 Å². The lowest BCUT2D eigenvalue weighted by Crippen LogP contribution is -2.29. The summed E-state index contributed by atoms with van der Waals surface area (Å²) in [5, 5.41) is 7.79. The standard InChI is InChI=1S/C14H16INS/c1-16-14(9-12-6-7-17-10-12)8-11-2-4-13(15)5-3-11/h2-7,10,14,16H,8-9H2,1H3. The zero-order valence-corrected chi connectivity index (χ0v) is 12.8. The van der Waals surface area contributed by atoms with Gasteiger partial charge in [0.25, 0.3) is 0 Å². The Morgan fingerprint density at radius 1 is 1.12 bits per heavy atom. The second kappa shape index (κ2) is 6.52. The molecule has 1 heterocycles. The van der Waals surface area contributed by atoms with E-state index in [-0.39, 0.29) is 0 Å². The Kier molecular flexibility index (Phi) is 5.00. The summed E-state index contributed by atoms with van der Waals surface area (Å²) >= 11 is 4.11. The molecule has 1 N–H and O–H groups in total. The molecule has 17 heavy (non-hydrogen) atoms. The van der Waals surface area contributed by atoms with Crippen molar-refractivity contribution in [2.75, 3.05) is 7.05 Å². The van der Waals surface area contributed by atoms with Crippen molar-refractivity contribution in [2.24, 2.45) is 0 Å². The van der Waals surface area contributed by atoms with E-state index in [1.165, 1.54) is 14.7 Å². The number of nitrogens with one attached hydrogen (secondary N) is 1. The van der Waals surface area contributed by atoms with Gasteiger partial charge in [-0.3, -0.25) is 0 Å². The van der Waals surface area contributed by atoms with E-state index in [1.54, 1.807) is 11.3 Å². The van der Waals surface area contributed by atoms with Crippen molar-refractivity contribution in [3.8, 4) is 0 Å². The van der Waals surface area contributed by atoms with Gasteiger partial charge in [-0.2, -0.15) is 11.3 Å². The first-order valence-electron chi connectivity index (χ1n) is 5.70. The minimum Gasteiger partial charge on any atom is -0.316 e. The Morgan fingerprint density at radius 3 is 2.41 bits per heavy atom. The Morgan fingerprint density at radius 2 is 1.82 bits per heavy atom. The molecule has 0 radical (unpaired) electrons. The zero-order valence-electron chi connectivity index (χ0n) is 9.82. The highest BCUT2D eigenvalue weighted by Crippen LogP contribution is 2.13. The van der Waals surface area contributed by atoms with Crippen LogP contribution in [0.2, 0.25) is 0 Å². The minimum absolute atomic E-state index is 0.518. The van der Waals surface area contributed by atoms with Crippen molar-refractivity contribution < 1.29 is 0 Å². The number of rotatable bonds is 5. The van der Waals surface area contributed by atoms with Gasteiger partial charge in [-0.05, 0) is 82.6 Å². The van der Waals surface area contributed by atoms with Gasteiger partial charge in [0.1, 0.15) is 0 Å². The van der Waals surface area contributed by atoms with Crippen LogP contribution in [0.3, 0.4) is 0 Å². The Hall–Kier alpha value is -0.390. The molecule has 2 rings (SSSR count). The normalized spacial score (nSPS) is 12.6. The SMILES string of the molecule is CNC(Cc1ccc(I)cc1)Cc1ccsc1. The van der Waals surface area contributed by atoms with Crippen LogP contribution in [0.15, 0.2) is 41.1 Å². The third-order valence-electron chi connectivity index (χ3n) is 2.87. The third kappa shape index (κ3) is 4.08. The molecule has 0 spiro atoms. The molecule has 0 aliphatic carbocycles. The first-order chi connectivity index (χ1) is 8.28. The lowest BCUT2D eigenvalue weighted by molar-refractivity contribution is 0.557. The summed E-state index contributed by atoms with van der Waals surface area (Å²) in [7, 11) is 2.05. The molecule has 1 nitrogen and oxygen atoms in total. The van der Waals surface area contributed by atoms with E-state index in [1.807, 2.05) is 7.05 Å². The fourth-order valence-electron chi connectivity index (χ4n) is 1.87. The van der Waals surface area contributed by atoms with Crippen LogP contribution in [0.25, 0.3) is 0 Å². The monoisotopic (exact) mass is 357 g/mol. The molecule has 1 atom stereocenters. The predicted octanol–water partition coefficient (Wildman–Crippen LogP) is 3.73. The molecule has 0 amide bonds. The van der Waals surface area contributed by atoms with Crippen molar-refractivity contribution in [3.63, 3.8) is 0 Å². The summed E-state index contributed by atoms with van der Waals surface area (Å²) in [6.45, 7) is 0. The van der Waals surface area contributed by atoms with Crippen LogP contribution < -0.4 is 5.32 Å². The maximum atomic E-state index is 3.41. The average Bonchev–Trinajstić information content (AvgIpc) is 2.84. The van der Waals surface area contributed by atoms with Gasteiger partial charge in [0.15, 0.2) is 0 Å². The average molecular weight is 357 g/mol. The zero-order chi connectivity index (χ0) is 12.1. The number of hydrogen-bond donors (Lipinski definition) is 1. The Labute approximate surface area is 120 Å². The second-order valence-corrected chi connectivity index (χ2v) is 6.18. The molecule has 1 aromatic heterocycles. The van der Waals surface area contributed by atoms with Gasteiger partial charge in [-0.25, -0.2) is 0 Å². The molecule has 3 heteroatoms. The van der Waals surface area contributed by atoms with E-state index in [9.17, 15) is 0 Å². The molecule has 0 aliphatic rings. The maximum Gasteiger partial charge on any atom is 0.0145 e. The molecule has 0 saturated heterocycles. The van der Waals surface area contributed by atoms with E-state index in [4.69, 9.17) is 0 Å². The molecule has 90 valence electrons. The van der Waals surface area contributed by atoms with Crippen LogP contribution in [-0.4, -0.2) is 13.1 Å². The first kappa shape index (κ1) is 13.1. The number of hydrogen-bond acceptors (Lipinski definition) is 2. The molecule has 0 saturated carbocycles. The van der Waals surface area contributed by atoms with E-state index in [0.29, 0.717) is 6.04 Å². The van der Waals surface area contributed by atoms with Crippen LogP contribution in [0.5, 0.6) is 0 Å². The molecular weight excluding hydrogens is 341 g/mol. The van der Waals surface area contributed by atoms with E-state index >= 15 is 0 Å². The summed E-state index contributed by atoms with van der Waals surface area (Å²) in [6, 6.07) is 11.5. The van der Waals surface area contributed by atoms with Crippen molar-refractivity contribution in [3.05, 3.63) is 55.8 Å². The number of likely N-dealkylation sites (N-methyl/N-ethyl adjacent to an activating group) is 1. The highest BCUT2D eigenvalue weighted by atomic mass is 127. The van der Waals surface area contributed by atoms with E-state index in [2.05, 4.69) is 69.0 Å². The van der Waals surface area contributed by atoms with Crippen LogP contribution in [-0.2, 0) is 12.8 Å². The number of halogens is 1. The second-order valence-electron chi connectivity index (χ2n) is 4.15. The highest BCUT2D eigenvalue weighted by molar-refractivity contribution is 14.1. The van der Waals surface area contributed by atoms with Crippen molar-refractivity contribution >= 4 is 33.9 Å². The van der Waals surface area contributed by atoms with Crippen LogP contribution in [0.4, 0.5) is 0 Å². The Bertz CT molecular complexity index is 436. The largest absolute Gasteiger partial charge is 0.316 e. The summed E-state index contributed by atoms with van der Waals surface area (Å²) in [6.07, 6.45) is 2.19. The first-order valence-corrected chi connectivity index (χ1v) is 7.73. The van der Waals surface area contributed by atoms with Crippen molar-refractivity contribution in [1.29, 1.82) is 0 Å². The fourth-order valence-corrected chi connectivity index (χ4v) is 2.92. The van der Waals surface area contributed by atoms with Crippen LogP contribution in [0, 0.1) is 3.57 Å². The molecule has 1 unspecified atom stereocenters. The molecule has 0 bridgehead atoms. The summed E-state index contributed by atoms with van der Waals surface area (Å²) in [4.78, 5) is 0. The van der Waals surface area contributed by atoms with Crippen molar-refractivity contribution in [1.82, 2.24) is 5.32 Å². The maximum absolute atomic E-state index is 3.41. The van der Waals surface area contributed by atoms with Crippen LogP contribution in [0.1, 0.15) is 11.1 Å². The lowest BCUT2D eigenvalue weighted by atomic mass is 10.0. The fraction of sp³-hybridized carbons (Fsp3) is 0.286. The molecular formula is C14H16INS. The summed E-state index contributed by atoms with van der Waals surface area (Å²) < 4.78 is 1.30. The van der Waals surface area contributed by atoms with Gasteiger partial charge < -0.3 is 5.32 Å². The number of thiophene rings is 1. The molecule has 0 aliphatic heterocycles. The minimum atomic E-state index is 0.518. The van der Waals surface area contributed by atoms with Gasteiger partial charge in [0, 0.05) is 9.61 Å². The third-order valence-corrected chi connectivity index (χ3v) is 4.32. The van der Waals surface area contributed by atoms with Gasteiger partial charge in [-0.1, -0.05) is 12.1 Å². The van der Waals surface area contributed by atoms with E-state index in [0.717, 1.165) is 12.8 Å². The summed E-state index contributed by atoms with van der Waals surface area (Å²) in [5.74, 6) is 0. The molecule has 0 fully saturated rings. The summed E-state index contributed by atoms with van der Waals surface area (Å²) in [5.41, 5.74) is 2.83. The number of benzene rings is 1. The van der Waals surface area contributed by atoms with Gasteiger partial charge in [0.2, 0.25) is 0 Å². The van der Waals surface area contributed by atoms with Gasteiger partial charge >= 0.3 is 0 Å². The predicted molar refractivity (Wildman–Crippen MR) is 83.7 cm³/mol. The quantitative estimate of drug-likeness (QED) is 0.805. The topological polar surface area (TPSA) is 12.0 Å². The van der Waals surface area contributed by atoms with Gasteiger partial charge in [-0.15, -0.1) is 0 Å². The highest BCUT2D eigenvalue weighted by Gasteiger charge is 2.08.